The van der Waals surface area contributed by atoms with Crippen LogP contribution in [0.3, 0.4) is 0 Å². The van der Waals surface area contributed by atoms with Crippen molar-refractivity contribution < 1.29 is 9.47 Å². The van der Waals surface area contributed by atoms with Gasteiger partial charge in [0.25, 0.3) is 0 Å². The van der Waals surface area contributed by atoms with Crippen LogP contribution in [0.25, 0.3) is 0 Å². The van der Waals surface area contributed by atoms with Gasteiger partial charge in [-0.25, -0.2) is 0 Å². The highest BCUT2D eigenvalue weighted by Crippen LogP contribution is 2.34. The second-order valence-electron chi connectivity index (χ2n) is 6.23. The van der Waals surface area contributed by atoms with Crippen LogP contribution in [0, 0.1) is 6.92 Å². The van der Waals surface area contributed by atoms with Gasteiger partial charge in [-0.3, -0.25) is 0 Å². The zero-order chi connectivity index (χ0) is 18.8. The van der Waals surface area contributed by atoms with E-state index in [1.54, 1.807) is 0 Å². The minimum absolute atomic E-state index is 0.522. The fourth-order valence-electron chi connectivity index (χ4n) is 2.55. The molecule has 0 unspecified atom stereocenters. The molecule has 0 aliphatic heterocycles. The van der Waals surface area contributed by atoms with E-state index in [2.05, 4.69) is 63.8 Å². The molecule has 0 bridgehead atoms. The molecule has 0 fully saturated rings. The zero-order valence-corrected chi connectivity index (χ0v) is 17.5. The van der Waals surface area contributed by atoms with E-state index in [1.165, 1.54) is 11.1 Å². The standard InChI is InChI=1S/C21H29BrN2O2/c1-4-25-20-12-18(14-24-11-5-10-23-3)19(22)13-21(20)26-15-17-8-6-16(2)7-9-17/h6-9,12-13,23-24H,4-5,10-11,14-15H2,1-3H3. The van der Waals surface area contributed by atoms with E-state index in [1.807, 2.05) is 20.0 Å². The molecule has 2 aromatic rings. The van der Waals surface area contributed by atoms with Gasteiger partial charge in [0.2, 0.25) is 0 Å². The molecule has 0 radical (unpaired) electrons. The van der Waals surface area contributed by atoms with Crippen molar-refractivity contribution in [1.29, 1.82) is 0 Å². The minimum atomic E-state index is 0.522. The van der Waals surface area contributed by atoms with Crippen molar-refractivity contribution in [3.63, 3.8) is 0 Å². The predicted molar refractivity (Wildman–Crippen MR) is 111 cm³/mol. The first-order chi connectivity index (χ1) is 12.6. The van der Waals surface area contributed by atoms with Crippen molar-refractivity contribution >= 4 is 15.9 Å². The zero-order valence-electron chi connectivity index (χ0n) is 15.9. The van der Waals surface area contributed by atoms with Crippen molar-refractivity contribution in [3.8, 4) is 11.5 Å². The van der Waals surface area contributed by atoms with Crippen molar-refractivity contribution in [3.05, 3.63) is 57.6 Å². The molecule has 2 aromatic carbocycles. The van der Waals surface area contributed by atoms with E-state index >= 15 is 0 Å². The Morgan fingerprint density at radius 1 is 1.00 bits per heavy atom. The van der Waals surface area contributed by atoms with E-state index in [0.717, 1.165) is 47.6 Å². The Balaban J connectivity index is 2.03. The third-order valence-corrected chi connectivity index (χ3v) is 4.76. The topological polar surface area (TPSA) is 42.5 Å². The third-order valence-electron chi connectivity index (χ3n) is 4.02. The number of ether oxygens (including phenoxy) is 2. The summed E-state index contributed by atoms with van der Waals surface area (Å²) in [6, 6.07) is 12.4. The molecule has 2 rings (SSSR count). The number of hydrogen-bond acceptors (Lipinski definition) is 4. The summed E-state index contributed by atoms with van der Waals surface area (Å²) in [6.45, 7) is 7.99. The molecule has 0 atom stereocenters. The summed E-state index contributed by atoms with van der Waals surface area (Å²) in [7, 11) is 1.97. The fraction of sp³-hybridized carbons (Fsp3) is 0.429. The summed E-state index contributed by atoms with van der Waals surface area (Å²) in [5.74, 6) is 1.55. The third kappa shape index (κ3) is 6.63. The molecular formula is C21H29BrN2O2. The number of aryl methyl sites for hydroxylation is 1. The van der Waals surface area contributed by atoms with E-state index in [9.17, 15) is 0 Å². The maximum Gasteiger partial charge on any atom is 0.162 e. The van der Waals surface area contributed by atoms with Crippen LogP contribution >= 0.6 is 15.9 Å². The monoisotopic (exact) mass is 420 g/mol. The van der Waals surface area contributed by atoms with Gasteiger partial charge in [0.1, 0.15) is 6.61 Å². The van der Waals surface area contributed by atoms with Gasteiger partial charge in [-0.15, -0.1) is 0 Å². The van der Waals surface area contributed by atoms with Crippen LogP contribution in [0.2, 0.25) is 0 Å². The Morgan fingerprint density at radius 3 is 2.42 bits per heavy atom. The lowest BCUT2D eigenvalue weighted by molar-refractivity contribution is 0.269. The van der Waals surface area contributed by atoms with Gasteiger partial charge in [0, 0.05) is 11.0 Å². The van der Waals surface area contributed by atoms with Crippen LogP contribution in [-0.2, 0) is 13.2 Å². The summed E-state index contributed by atoms with van der Waals surface area (Å²) in [4.78, 5) is 0. The Labute approximate surface area is 165 Å². The molecule has 0 aromatic heterocycles. The number of hydrogen-bond donors (Lipinski definition) is 2. The highest BCUT2D eigenvalue weighted by molar-refractivity contribution is 9.10. The largest absolute Gasteiger partial charge is 0.490 e. The fourth-order valence-corrected chi connectivity index (χ4v) is 3.01. The van der Waals surface area contributed by atoms with Crippen molar-refractivity contribution in [2.45, 2.75) is 33.4 Å². The van der Waals surface area contributed by atoms with Crippen LogP contribution in [0.1, 0.15) is 30.0 Å². The van der Waals surface area contributed by atoms with Crippen LogP contribution in [0.4, 0.5) is 0 Å². The van der Waals surface area contributed by atoms with Gasteiger partial charge in [-0.1, -0.05) is 45.8 Å². The lowest BCUT2D eigenvalue weighted by Gasteiger charge is -2.15. The molecule has 2 N–H and O–H groups in total. The van der Waals surface area contributed by atoms with Crippen molar-refractivity contribution in [2.24, 2.45) is 0 Å². The van der Waals surface area contributed by atoms with Crippen molar-refractivity contribution in [1.82, 2.24) is 10.6 Å². The normalized spacial score (nSPS) is 10.8. The van der Waals surface area contributed by atoms with Crippen molar-refractivity contribution in [2.75, 3.05) is 26.7 Å². The lowest BCUT2D eigenvalue weighted by Crippen LogP contribution is -2.19. The molecule has 0 saturated heterocycles. The van der Waals surface area contributed by atoms with Gasteiger partial charge >= 0.3 is 0 Å². The maximum absolute atomic E-state index is 6.03. The summed E-state index contributed by atoms with van der Waals surface area (Å²) in [6.07, 6.45) is 1.10. The van der Waals surface area contributed by atoms with E-state index in [0.29, 0.717) is 13.2 Å². The summed E-state index contributed by atoms with van der Waals surface area (Å²) < 4.78 is 12.9. The van der Waals surface area contributed by atoms with Gasteiger partial charge in [-0.05, 0) is 63.7 Å². The molecule has 5 heteroatoms. The Bertz CT molecular complexity index is 674. The quantitative estimate of drug-likeness (QED) is 0.527. The van der Waals surface area contributed by atoms with E-state index < -0.39 is 0 Å². The molecule has 142 valence electrons. The van der Waals surface area contributed by atoms with Crippen LogP contribution in [0.5, 0.6) is 11.5 Å². The molecule has 0 aliphatic carbocycles. The summed E-state index contributed by atoms with van der Waals surface area (Å²) in [5, 5.41) is 6.62. The molecule has 0 aliphatic rings. The average molecular weight is 421 g/mol. The Kier molecular flexibility index (Phi) is 8.95. The average Bonchev–Trinajstić information content (AvgIpc) is 2.64. The second-order valence-corrected chi connectivity index (χ2v) is 7.09. The molecule has 0 heterocycles. The minimum Gasteiger partial charge on any atom is -0.490 e. The Hall–Kier alpha value is -1.56. The van der Waals surface area contributed by atoms with Gasteiger partial charge in [-0.2, -0.15) is 0 Å². The number of nitrogens with one attached hydrogen (secondary N) is 2. The molecule has 26 heavy (non-hydrogen) atoms. The van der Waals surface area contributed by atoms with Gasteiger partial charge < -0.3 is 20.1 Å². The van der Waals surface area contributed by atoms with E-state index in [4.69, 9.17) is 9.47 Å². The second kappa shape index (κ2) is 11.2. The van der Waals surface area contributed by atoms with Crippen LogP contribution < -0.4 is 20.1 Å². The molecule has 0 saturated carbocycles. The first-order valence-electron chi connectivity index (χ1n) is 9.13. The number of rotatable bonds is 11. The Morgan fingerprint density at radius 2 is 1.73 bits per heavy atom. The first kappa shape index (κ1) is 20.7. The first-order valence-corrected chi connectivity index (χ1v) is 9.92. The molecule has 0 spiro atoms. The summed E-state index contributed by atoms with van der Waals surface area (Å²) in [5.41, 5.74) is 3.56. The smallest absolute Gasteiger partial charge is 0.162 e. The maximum atomic E-state index is 6.03. The highest BCUT2D eigenvalue weighted by atomic mass is 79.9. The predicted octanol–water partition coefficient (Wildman–Crippen LogP) is 4.43. The van der Waals surface area contributed by atoms with Gasteiger partial charge in [0.05, 0.1) is 6.61 Å². The van der Waals surface area contributed by atoms with Crippen LogP contribution in [-0.4, -0.2) is 26.7 Å². The van der Waals surface area contributed by atoms with Crippen LogP contribution in [0.15, 0.2) is 40.9 Å². The number of benzene rings is 2. The summed E-state index contributed by atoms with van der Waals surface area (Å²) >= 11 is 3.66. The molecular weight excluding hydrogens is 392 g/mol. The van der Waals surface area contributed by atoms with E-state index in [-0.39, 0.29) is 0 Å². The lowest BCUT2D eigenvalue weighted by atomic mass is 10.1. The number of halogens is 1. The van der Waals surface area contributed by atoms with Gasteiger partial charge in [0.15, 0.2) is 11.5 Å². The SMILES string of the molecule is CCOc1cc(CNCCCNC)c(Br)cc1OCc1ccc(C)cc1. The molecule has 4 nitrogen and oxygen atoms in total. The molecule has 0 amide bonds. The highest BCUT2D eigenvalue weighted by Gasteiger charge is 2.11.